The molecule has 5 rings (SSSR count). The van der Waals surface area contributed by atoms with Crippen LogP contribution in [0.4, 0.5) is 24.7 Å². The summed E-state index contributed by atoms with van der Waals surface area (Å²) in [4.78, 5) is 13.4. The van der Waals surface area contributed by atoms with Gasteiger partial charge < -0.3 is 9.88 Å². The zero-order valence-corrected chi connectivity index (χ0v) is 18.3. The predicted octanol–water partition coefficient (Wildman–Crippen LogP) is 6.96. The second-order valence-electron chi connectivity index (χ2n) is 7.61. The van der Waals surface area contributed by atoms with Crippen molar-refractivity contribution in [1.82, 2.24) is 19.5 Å². The Bertz CT molecular complexity index is 1450. The fourth-order valence-electron chi connectivity index (χ4n) is 3.67. The molecule has 0 saturated carbocycles. The zero-order chi connectivity index (χ0) is 23.7. The predicted molar refractivity (Wildman–Crippen MR) is 126 cm³/mol. The van der Waals surface area contributed by atoms with Gasteiger partial charge in [0.2, 0.25) is 0 Å². The summed E-state index contributed by atoms with van der Waals surface area (Å²) in [5, 5.41) is 3.79. The van der Waals surface area contributed by atoms with E-state index in [9.17, 15) is 13.2 Å². The maximum absolute atomic E-state index is 13.4. The molecule has 5 aromatic rings. The van der Waals surface area contributed by atoms with Crippen LogP contribution in [0.15, 0.2) is 85.2 Å². The summed E-state index contributed by atoms with van der Waals surface area (Å²) < 4.78 is 42.0. The number of benzene rings is 3. The average molecular weight is 480 g/mol. The molecule has 0 amide bonds. The summed E-state index contributed by atoms with van der Waals surface area (Å²) in [5.41, 5.74) is 2.24. The average Bonchev–Trinajstić information content (AvgIpc) is 3.20. The molecule has 3 aromatic carbocycles. The van der Waals surface area contributed by atoms with Crippen molar-refractivity contribution >= 4 is 34.3 Å². The molecule has 1 N–H and O–H groups in total. The van der Waals surface area contributed by atoms with E-state index in [0.29, 0.717) is 39.9 Å². The van der Waals surface area contributed by atoms with Gasteiger partial charge in [-0.15, -0.1) is 0 Å². The molecule has 5 nitrogen and oxygen atoms in total. The van der Waals surface area contributed by atoms with E-state index in [1.807, 2.05) is 30.3 Å². The third-order valence-electron chi connectivity index (χ3n) is 5.27. The number of hydrogen-bond donors (Lipinski definition) is 1. The summed E-state index contributed by atoms with van der Waals surface area (Å²) in [6.07, 6.45) is -3.06. The minimum absolute atomic E-state index is 0.334. The molecule has 0 bridgehead atoms. The molecule has 0 atom stereocenters. The van der Waals surface area contributed by atoms with Crippen LogP contribution in [0.3, 0.4) is 0 Å². The molecular weight excluding hydrogens is 463 g/mol. The van der Waals surface area contributed by atoms with Gasteiger partial charge in [0.05, 0.1) is 12.1 Å². The lowest BCUT2D eigenvalue weighted by Gasteiger charge is -2.11. The van der Waals surface area contributed by atoms with Crippen LogP contribution in [0.5, 0.6) is 0 Å². The van der Waals surface area contributed by atoms with Crippen molar-refractivity contribution in [2.24, 2.45) is 0 Å². The van der Waals surface area contributed by atoms with E-state index >= 15 is 0 Å². The van der Waals surface area contributed by atoms with Gasteiger partial charge in [-0.1, -0.05) is 54.1 Å². The normalized spacial score (nSPS) is 11.6. The van der Waals surface area contributed by atoms with Crippen LogP contribution < -0.4 is 5.32 Å². The van der Waals surface area contributed by atoms with Gasteiger partial charge in [-0.05, 0) is 42.0 Å². The van der Waals surface area contributed by atoms with Crippen LogP contribution in [0.1, 0.15) is 11.1 Å². The molecule has 0 spiro atoms. The summed E-state index contributed by atoms with van der Waals surface area (Å²) >= 11 is 5.97. The highest BCUT2D eigenvalue weighted by Gasteiger charge is 2.31. The molecule has 0 radical (unpaired) electrons. The quantitative estimate of drug-likeness (QED) is 0.296. The Hall–Kier alpha value is -3.91. The molecule has 0 unspecified atom stereocenters. The lowest BCUT2D eigenvalue weighted by Crippen LogP contribution is -2.06. The fraction of sp³-hybridized carbons (Fsp3) is 0.0800. The summed E-state index contributed by atoms with van der Waals surface area (Å²) in [6.45, 7) is 0.375. The Balaban J connectivity index is 1.67. The van der Waals surface area contributed by atoms with Crippen molar-refractivity contribution in [3.8, 4) is 11.4 Å². The Morgan fingerprint density at radius 2 is 1.65 bits per heavy atom. The van der Waals surface area contributed by atoms with Crippen molar-refractivity contribution < 1.29 is 13.2 Å². The smallest absolute Gasteiger partial charge is 0.338 e. The first-order valence-electron chi connectivity index (χ1n) is 10.3. The summed E-state index contributed by atoms with van der Waals surface area (Å²) in [6, 6.07) is 21.8. The van der Waals surface area contributed by atoms with Gasteiger partial charge >= 0.3 is 6.18 Å². The van der Waals surface area contributed by atoms with Crippen LogP contribution >= 0.6 is 11.6 Å². The Morgan fingerprint density at radius 3 is 2.38 bits per heavy atom. The molecule has 2 heterocycles. The molecule has 2 aromatic heterocycles. The molecular formula is C25H17ClF3N5. The van der Waals surface area contributed by atoms with Crippen LogP contribution in [0, 0.1) is 0 Å². The third-order valence-corrected chi connectivity index (χ3v) is 5.52. The van der Waals surface area contributed by atoms with Crippen LogP contribution in [0.2, 0.25) is 5.02 Å². The first-order valence-corrected chi connectivity index (χ1v) is 10.7. The Morgan fingerprint density at radius 1 is 0.882 bits per heavy atom. The van der Waals surface area contributed by atoms with Crippen LogP contribution in [-0.4, -0.2) is 19.5 Å². The third kappa shape index (κ3) is 4.45. The Labute approximate surface area is 197 Å². The van der Waals surface area contributed by atoms with E-state index in [1.165, 1.54) is 12.4 Å². The van der Waals surface area contributed by atoms with E-state index in [4.69, 9.17) is 16.6 Å². The second kappa shape index (κ2) is 8.79. The van der Waals surface area contributed by atoms with Crippen molar-refractivity contribution in [3.63, 3.8) is 0 Å². The lowest BCUT2D eigenvalue weighted by atomic mass is 10.1. The standard InChI is InChI=1S/C25H17ClF3N5/c26-19-9-11-20(12-10-19)32-22-21-24(31-15-30-22)34(14-16-5-2-1-3-6-16)23(33-21)17-7-4-8-18(13-17)25(27,28)29/h1-13,15H,14H2,(H,30,31,32). The van der Waals surface area contributed by atoms with Gasteiger partial charge in [0.25, 0.3) is 0 Å². The molecule has 34 heavy (non-hydrogen) atoms. The lowest BCUT2D eigenvalue weighted by molar-refractivity contribution is -0.137. The molecule has 0 aliphatic heterocycles. The van der Waals surface area contributed by atoms with E-state index in [2.05, 4.69) is 15.3 Å². The van der Waals surface area contributed by atoms with Gasteiger partial charge in [-0.3, -0.25) is 0 Å². The first-order chi connectivity index (χ1) is 16.4. The van der Waals surface area contributed by atoms with Crippen LogP contribution in [-0.2, 0) is 12.7 Å². The minimum atomic E-state index is -4.46. The van der Waals surface area contributed by atoms with E-state index in [1.54, 1.807) is 34.9 Å². The number of anilines is 2. The van der Waals surface area contributed by atoms with Gasteiger partial charge in [0.1, 0.15) is 12.2 Å². The number of aromatic nitrogens is 4. The number of imidazole rings is 1. The molecule has 0 fully saturated rings. The van der Waals surface area contributed by atoms with E-state index in [0.717, 1.165) is 23.4 Å². The first kappa shape index (κ1) is 21.9. The van der Waals surface area contributed by atoms with Crippen LogP contribution in [0.25, 0.3) is 22.6 Å². The Kier molecular flexibility index (Phi) is 5.67. The highest BCUT2D eigenvalue weighted by molar-refractivity contribution is 6.30. The van der Waals surface area contributed by atoms with E-state index < -0.39 is 11.7 Å². The van der Waals surface area contributed by atoms with Gasteiger partial charge in [-0.25, -0.2) is 15.0 Å². The van der Waals surface area contributed by atoms with Crippen molar-refractivity contribution in [3.05, 3.63) is 101 Å². The number of nitrogens with zero attached hydrogens (tertiary/aromatic N) is 4. The molecule has 170 valence electrons. The molecule has 0 aliphatic carbocycles. The minimum Gasteiger partial charge on any atom is -0.338 e. The van der Waals surface area contributed by atoms with Gasteiger partial charge in [0.15, 0.2) is 17.0 Å². The number of halogens is 4. The fourth-order valence-corrected chi connectivity index (χ4v) is 3.79. The van der Waals surface area contributed by atoms with Crippen molar-refractivity contribution in [2.75, 3.05) is 5.32 Å². The number of nitrogens with one attached hydrogen (secondary N) is 1. The van der Waals surface area contributed by atoms with Crippen molar-refractivity contribution in [2.45, 2.75) is 12.7 Å². The highest BCUT2D eigenvalue weighted by Crippen LogP contribution is 2.34. The SMILES string of the molecule is FC(F)(F)c1cccc(-c2nc3c(Nc4ccc(Cl)cc4)ncnc3n2Cc2ccccc2)c1. The van der Waals surface area contributed by atoms with Crippen molar-refractivity contribution in [1.29, 1.82) is 0 Å². The highest BCUT2D eigenvalue weighted by atomic mass is 35.5. The van der Waals surface area contributed by atoms with Gasteiger partial charge in [0, 0.05) is 16.3 Å². The largest absolute Gasteiger partial charge is 0.416 e. The number of rotatable bonds is 5. The number of hydrogen-bond acceptors (Lipinski definition) is 4. The monoisotopic (exact) mass is 479 g/mol. The maximum Gasteiger partial charge on any atom is 0.416 e. The topological polar surface area (TPSA) is 55.6 Å². The summed E-state index contributed by atoms with van der Waals surface area (Å²) in [5.74, 6) is 0.803. The summed E-state index contributed by atoms with van der Waals surface area (Å²) in [7, 11) is 0. The zero-order valence-electron chi connectivity index (χ0n) is 17.6. The number of alkyl halides is 3. The maximum atomic E-state index is 13.4. The second-order valence-corrected chi connectivity index (χ2v) is 8.05. The molecule has 9 heteroatoms. The van der Waals surface area contributed by atoms with Gasteiger partial charge in [-0.2, -0.15) is 13.2 Å². The molecule has 0 aliphatic rings. The number of fused-ring (bicyclic) bond motifs is 1. The molecule has 0 saturated heterocycles. The van der Waals surface area contributed by atoms with E-state index in [-0.39, 0.29) is 0 Å².